The van der Waals surface area contributed by atoms with Crippen LogP contribution in [0.1, 0.15) is 12.8 Å². The Labute approximate surface area is 128 Å². The van der Waals surface area contributed by atoms with Crippen molar-refractivity contribution in [1.29, 1.82) is 0 Å². The van der Waals surface area contributed by atoms with E-state index in [1.165, 1.54) is 10.6 Å². The van der Waals surface area contributed by atoms with E-state index in [-0.39, 0.29) is 23.3 Å². The van der Waals surface area contributed by atoms with E-state index in [0.717, 1.165) is 16.7 Å². The van der Waals surface area contributed by atoms with Crippen LogP contribution in [0.5, 0.6) is 0 Å². The number of halogens is 2. The Balaban J connectivity index is 1.84. The van der Waals surface area contributed by atoms with Gasteiger partial charge in [0.1, 0.15) is 5.83 Å². The first-order chi connectivity index (χ1) is 9.86. The Morgan fingerprint density at radius 2 is 2.24 bits per heavy atom. The van der Waals surface area contributed by atoms with Crippen LogP contribution in [-0.4, -0.2) is 38.1 Å². The monoisotopic (exact) mass is 330 g/mol. The summed E-state index contributed by atoms with van der Waals surface area (Å²) in [6, 6.07) is -0.0728. The molecular weight excluding hydrogens is 315 g/mol. The SMILES string of the molecule is CS(=O)(=O)N1CC=C(C2=CNC3CC(F)=C(Cl)C=C23)CC1. The number of hydrogen-bond acceptors (Lipinski definition) is 3. The number of rotatable bonds is 2. The Hall–Kier alpha value is -1.11. The molecule has 3 aliphatic rings. The predicted molar refractivity (Wildman–Crippen MR) is 80.8 cm³/mol. The highest BCUT2D eigenvalue weighted by Gasteiger charge is 2.31. The highest BCUT2D eigenvalue weighted by Crippen LogP contribution is 2.38. The van der Waals surface area contributed by atoms with Crippen LogP contribution < -0.4 is 5.32 Å². The minimum atomic E-state index is -3.15. The summed E-state index contributed by atoms with van der Waals surface area (Å²) in [6.07, 6.45) is 7.59. The largest absolute Gasteiger partial charge is 0.383 e. The Morgan fingerprint density at radius 1 is 1.48 bits per heavy atom. The molecule has 114 valence electrons. The highest BCUT2D eigenvalue weighted by molar-refractivity contribution is 7.88. The minimum Gasteiger partial charge on any atom is -0.383 e. The van der Waals surface area contributed by atoms with Crippen LogP contribution in [0.15, 0.2) is 45.9 Å². The van der Waals surface area contributed by atoms with Gasteiger partial charge in [-0.1, -0.05) is 17.7 Å². The van der Waals surface area contributed by atoms with Crippen molar-refractivity contribution in [3.8, 4) is 0 Å². The molecule has 0 amide bonds. The molecule has 1 atom stereocenters. The maximum absolute atomic E-state index is 13.5. The van der Waals surface area contributed by atoms with Crippen molar-refractivity contribution in [1.82, 2.24) is 9.62 Å². The van der Waals surface area contributed by atoms with Crippen molar-refractivity contribution in [2.24, 2.45) is 0 Å². The van der Waals surface area contributed by atoms with Gasteiger partial charge < -0.3 is 5.32 Å². The molecule has 1 N–H and O–H groups in total. The Morgan fingerprint density at radius 3 is 2.86 bits per heavy atom. The molecule has 0 saturated carbocycles. The second kappa shape index (κ2) is 5.26. The van der Waals surface area contributed by atoms with Gasteiger partial charge in [-0.05, 0) is 29.2 Å². The minimum absolute atomic E-state index is 0.0728. The first-order valence-corrected chi connectivity index (χ1v) is 8.96. The van der Waals surface area contributed by atoms with Gasteiger partial charge in [0.05, 0.1) is 17.3 Å². The maximum Gasteiger partial charge on any atom is 0.211 e. The molecule has 0 aromatic rings. The lowest BCUT2D eigenvalue weighted by atomic mass is 9.89. The van der Waals surface area contributed by atoms with E-state index in [9.17, 15) is 12.8 Å². The molecule has 3 rings (SSSR count). The van der Waals surface area contributed by atoms with Gasteiger partial charge >= 0.3 is 0 Å². The number of nitrogens with zero attached hydrogens (tertiary/aromatic N) is 1. The Bertz CT molecular complexity index is 706. The smallest absolute Gasteiger partial charge is 0.211 e. The summed E-state index contributed by atoms with van der Waals surface area (Å²) in [6.45, 7) is 0.846. The van der Waals surface area contributed by atoms with E-state index < -0.39 is 10.0 Å². The zero-order valence-corrected chi connectivity index (χ0v) is 13.1. The lowest BCUT2D eigenvalue weighted by molar-refractivity contribution is 0.437. The van der Waals surface area contributed by atoms with Crippen molar-refractivity contribution in [3.05, 3.63) is 45.9 Å². The molecule has 0 fully saturated rings. The number of hydrogen-bond donors (Lipinski definition) is 1. The fourth-order valence-electron chi connectivity index (χ4n) is 2.86. The quantitative estimate of drug-likeness (QED) is 0.844. The van der Waals surface area contributed by atoms with Crippen molar-refractivity contribution in [2.45, 2.75) is 18.9 Å². The number of allylic oxidation sites excluding steroid dienone is 2. The van der Waals surface area contributed by atoms with Gasteiger partial charge in [-0.2, -0.15) is 4.31 Å². The van der Waals surface area contributed by atoms with Gasteiger partial charge in [-0.25, -0.2) is 12.8 Å². The zero-order valence-electron chi connectivity index (χ0n) is 11.6. The van der Waals surface area contributed by atoms with E-state index in [2.05, 4.69) is 5.32 Å². The normalized spacial score (nSPS) is 26.8. The number of fused-ring (bicyclic) bond motifs is 1. The average Bonchev–Trinajstić information content (AvgIpc) is 2.81. The van der Waals surface area contributed by atoms with Crippen LogP contribution in [0.4, 0.5) is 4.39 Å². The number of sulfonamides is 1. The lowest BCUT2D eigenvalue weighted by Gasteiger charge is -2.26. The molecule has 4 nitrogen and oxygen atoms in total. The van der Waals surface area contributed by atoms with Crippen LogP contribution in [0.3, 0.4) is 0 Å². The van der Waals surface area contributed by atoms with Crippen LogP contribution in [0, 0.1) is 0 Å². The standard InChI is InChI=1S/C14H16ClFN2O2S/c1-21(19,20)18-4-2-9(3-5-18)11-8-17-14-7-13(16)12(15)6-10(11)14/h2,6,8,14,17H,3-5,7H2,1H3. The first-order valence-electron chi connectivity index (χ1n) is 6.73. The maximum atomic E-state index is 13.5. The summed E-state index contributed by atoms with van der Waals surface area (Å²) in [5.41, 5.74) is 3.09. The highest BCUT2D eigenvalue weighted by atomic mass is 35.5. The molecule has 2 heterocycles. The second-order valence-electron chi connectivity index (χ2n) is 5.43. The van der Waals surface area contributed by atoms with Crippen LogP contribution in [0.2, 0.25) is 0 Å². The third kappa shape index (κ3) is 2.80. The van der Waals surface area contributed by atoms with Gasteiger partial charge in [0, 0.05) is 25.7 Å². The molecule has 1 unspecified atom stereocenters. The molecule has 21 heavy (non-hydrogen) atoms. The van der Waals surface area contributed by atoms with Crippen molar-refractivity contribution in [2.75, 3.05) is 19.3 Å². The Kier molecular flexibility index (Phi) is 3.71. The van der Waals surface area contributed by atoms with E-state index in [0.29, 0.717) is 19.5 Å². The third-order valence-electron chi connectivity index (χ3n) is 4.03. The molecule has 0 aromatic carbocycles. The average molecular weight is 331 g/mol. The molecule has 0 radical (unpaired) electrons. The third-order valence-corrected chi connectivity index (χ3v) is 5.61. The summed E-state index contributed by atoms with van der Waals surface area (Å²) in [4.78, 5) is 0. The molecule has 1 aliphatic carbocycles. The summed E-state index contributed by atoms with van der Waals surface area (Å²) >= 11 is 5.89. The fraction of sp³-hybridized carbons (Fsp3) is 0.429. The lowest BCUT2D eigenvalue weighted by Crippen LogP contribution is -2.34. The molecule has 0 bridgehead atoms. The molecular formula is C14H16ClFN2O2S. The molecule has 0 spiro atoms. The second-order valence-corrected chi connectivity index (χ2v) is 7.82. The van der Waals surface area contributed by atoms with Crippen molar-refractivity contribution in [3.63, 3.8) is 0 Å². The molecule has 0 saturated heterocycles. The van der Waals surface area contributed by atoms with E-state index in [4.69, 9.17) is 11.6 Å². The van der Waals surface area contributed by atoms with Gasteiger partial charge in [0.2, 0.25) is 10.0 Å². The van der Waals surface area contributed by atoms with Gasteiger partial charge in [0.25, 0.3) is 0 Å². The van der Waals surface area contributed by atoms with Gasteiger partial charge in [-0.15, -0.1) is 0 Å². The summed E-state index contributed by atoms with van der Waals surface area (Å²) in [5.74, 6) is -0.298. The van der Waals surface area contributed by atoms with Crippen LogP contribution >= 0.6 is 11.6 Å². The van der Waals surface area contributed by atoms with Crippen LogP contribution in [0.25, 0.3) is 0 Å². The van der Waals surface area contributed by atoms with Gasteiger partial charge in [0.15, 0.2) is 0 Å². The van der Waals surface area contributed by atoms with E-state index >= 15 is 0 Å². The van der Waals surface area contributed by atoms with Gasteiger partial charge in [-0.3, -0.25) is 0 Å². The summed E-state index contributed by atoms with van der Waals surface area (Å²) in [5, 5.41) is 3.32. The molecule has 7 heteroatoms. The zero-order chi connectivity index (χ0) is 15.2. The van der Waals surface area contributed by atoms with E-state index in [1.54, 1.807) is 6.08 Å². The first kappa shape index (κ1) is 14.8. The summed E-state index contributed by atoms with van der Waals surface area (Å²) < 4.78 is 38.0. The van der Waals surface area contributed by atoms with Crippen molar-refractivity contribution < 1.29 is 12.8 Å². The van der Waals surface area contributed by atoms with Crippen LogP contribution in [-0.2, 0) is 10.0 Å². The van der Waals surface area contributed by atoms with E-state index in [1.807, 2.05) is 12.3 Å². The van der Waals surface area contributed by atoms with Crippen molar-refractivity contribution >= 4 is 21.6 Å². The molecule has 0 aromatic heterocycles. The fourth-order valence-corrected chi connectivity index (χ4v) is 3.82. The number of nitrogens with one attached hydrogen (secondary N) is 1. The topological polar surface area (TPSA) is 49.4 Å². The molecule has 2 aliphatic heterocycles. The predicted octanol–water partition coefficient (Wildman–Crippen LogP) is 2.18. The summed E-state index contributed by atoms with van der Waals surface area (Å²) in [7, 11) is -3.15.